The summed E-state index contributed by atoms with van der Waals surface area (Å²) in [5.41, 5.74) is 0.805. The summed E-state index contributed by atoms with van der Waals surface area (Å²) < 4.78 is 20.0. The van der Waals surface area contributed by atoms with Crippen LogP contribution in [0.25, 0.3) is 0 Å². The predicted molar refractivity (Wildman–Crippen MR) is 62.4 cm³/mol. The van der Waals surface area contributed by atoms with Crippen molar-refractivity contribution in [3.63, 3.8) is 0 Å². The maximum Gasteiger partial charge on any atom is 0.126 e. The summed E-state index contributed by atoms with van der Waals surface area (Å²) in [6.45, 7) is 0.661. The minimum atomic E-state index is -0.102. The third-order valence-electron chi connectivity index (χ3n) is 2.60. The molecule has 76 valence electrons. The molecule has 1 aliphatic heterocycles. The molecule has 0 saturated carbocycles. The zero-order valence-corrected chi connectivity index (χ0v) is 9.91. The van der Waals surface area contributed by atoms with Crippen molar-refractivity contribution in [1.29, 1.82) is 0 Å². The first-order valence-corrected chi connectivity index (χ1v) is 6.26. The molecule has 14 heavy (non-hydrogen) atoms. The molecule has 0 aromatic heterocycles. The van der Waals surface area contributed by atoms with Gasteiger partial charge in [-0.2, -0.15) is 0 Å². The van der Waals surface area contributed by atoms with E-state index in [1.165, 1.54) is 6.07 Å². The van der Waals surface area contributed by atoms with Crippen LogP contribution in [0.3, 0.4) is 0 Å². The van der Waals surface area contributed by atoms with Crippen molar-refractivity contribution < 1.29 is 9.13 Å². The number of ether oxygens (including phenoxy) is 1. The van der Waals surface area contributed by atoms with Gasteiger partial charge in [0.05, 0.1) is 12.7 Å². The summed E-state index contributed by atoms with van der Waals surface area (Å²) in [5, 5.41) is 0. The summed E-state index contributed by atoms with van der Waals surface area (Å²) in [6.07, 6.45) is 1.25. The Kier molecular flexibility index (Phi) is 3.38. The van der Waals surface area contributed by atoms with Crippen molar-refractivity contribution >= 4 is 22.6 Å². The van der Waals surface area contributed by atoms with Crippen molar-refractivity contribution in [3.05, 3.63) is 35.6 Å². The molecule has 1 aliphatic rings. The van der Waals surface area contributed by atoms with Crippen LogP contribution >= 0.6 is 22.6 Å². The molecular formula is C11H12FIO. The average Bonchev–Trinajstić information content (AvgIpc) is 2.67. The van der Waals surface area contributed by atoms with Crippen molar-refractivity contribution in [2.24, 2.45) is 0 Å². The fraction of sp³-hybridized carbons (Fsp3) is 0.455. The first kappa shape index (κ1) is 10.4. The lowest BCUT2D eigenvalue weighted by Crippen LogP contribution is -2.05. The number of rotatable bonds is 2. The van der Waals surface area contributed by atoms with Gasteiger partial charge in [0, 0.05) is 10.3 Å². The van der Waals surface area contributed by atoms with E-state index in [9.17, 15) is 4.39 Å². The molecule has 2 rings (SSSR count). The lowest BCUT2D eigenvalue weighted by atomic mass is 9.96. The topological polar surface area (TPSA) is 9.23 Å². The number of alkyl halides is 1. The Labute approximate surface area is 96.8 Å². The fourth-order valence-electron chi connectivity index (χ4n) is 1.84. The molecule has 3 heteroatoms. The molecule has 1 saturated heterocycles. The van der Waals surface area contributed by atoms with Crippen molar-refractivity contribution in [1.82, 2.24) is 0 Å². The molecule has 1 aromatic carbocycles. The Morgan fingerprint density at radius 3 is 2.86 bits per heavy atom. The predicted octanol–water partition coefficient (Wildman–Crippen LogP) is 3.13. The van der Waals surface area contributed by atoms with Crippen molar-refractivity contribution in [2.45, 2.75) is 18.4 Å². The standard InChI is InChI=1S/C11H12FIO/c12-11-4-2-1-3-10(11)8-5-9(6-13)14-7-8/h1-4,8-9H,5-7H2. The molecule has 0 radical (unpaired) electrons. The molecule has 0 bridgehead atoms. The SMILES string of the molecule is Fc1ccccc1C1COC(CI)C1. The molecule has 0 amide bonds. The Bertz CT molecular complexity index is 316. The Hall–Kier alpha value is -0.160. The second kappa shape index (κ2) is 4.57. The molecule has 0 aliphatic carbocycles. The van der Waals surface area contributed by atoms with Gasteiger partial charge in [-0.3, -0.25) is 0 Å². The normalized spacial score (nSPS) is 26.7. The Morgan fingerprint density at radius 2 is 2.21 bits per heavy atom. The van der Waals surface area contributed by atoms with Gasteiger partial charge in [-0.05, 0) is 18.1 Å². The lowest BCUT2D eigenvalue weighted by molar-refractivity contribution is 0.129. The van der Waals surface area contributed by atoms with Crippen LogP contribution in [0.4, 0.5) is 4.39 Å². The zero-order valence-electron chi connectivity index (χ0n) is 7.75. The van der Waals surface area contributed by atoms with Crippen LogP contribution in [0.2, 0.25) is 0 Å². The number of hydrogen-bond acceptors (Lipinski definition) is 1. The largest absolute Gasteiger partial charge is 0.377 e. The number of halogens is 2. The first-order chi connectivity index (χ1) is 6.81. The molecule has 1 aromatic rings. The van der Waals surface area contributed by atoms with E-state index < -0.39 is 0 Å². The quantitative estimate of drug-likeness (QED) is 0.602. The van der Waals surface area contributed by atoms with Gasteiger partial charge < -0.3 is 4.74 Å². The second-order valence-electron chi connectivity index (χ2n) is 3.56. The van der Waals surface area contributed by atoms with Gasteiger partial charge in [-0.15, -0.1) is 0 Å². The summed E-state index contributed by atoms with van der Waals surface area (Å²) >= 11 is 2.31. The van der Waals surface area contributed by atoms with Crippen LogP contribution in [0.5, 0.6) is 0 Å². The third-order valence-corrected chi connectivity index (χ3v) is 3.58. The highest BCUT2D eigenvalue weighted by Crippen LogP contribution is 2.31. The van der Waals surface area contributed by atoms with E-state index in [0.29, 0.717) is 12.7 Å². The van der Waals surface area contributed by atoms with Crippen molar-refractivity contribution in [3.8, 4) is 0 Å². The molecular weight excluding hydrogens is 294 g/mol. The smallest absolute Gasteiger partial charge is 0.126 e. The Morgan fingerprint density at radius 1 is 1.43 bits per heavy atom. The molecule has 0 N–H and O–H groups in total. The van der Waals surface area contributed by atoms with E-state index in [2.05, 4.69) is 22.6 Å². The van der Waals surface area contributed by atoms with E-state index >= 15 is 0 Å². The minimum absolute atomic E-state index is 0.102. The van der Waals surface area contributed by atoms with Crippen LogP contribution in [-0.4, -0.2) is 17.1 Å². The van der Waals surface area contributed by atoms with Gasteiger partial charge in [0.2, 0.25) is 0 Å². The van der Waals surface area contributed by atoms with E-state index in [0.717, 1.165) is 16.4 Å². The summed E-state index contributed by atoms with van der Waals surface area (Å²) in [6, 6.07) is 6.99. The highest BCUT2D eigenvalue weighted by atomic mass is 127. The molecule has 1 fully saturated rings. The summed E-state index contributed by atoms with van der Waals surface area (Å²) in [5.74, 6) is 0.145. The first-order valence-electron chi connectivity index (χ1n) is 4.73. The monoisotopic (exact) mass is 306 g/mol. The average molecular weight is 306 g/mol. The Balaban J connectivity index is 2.13. The van der Waals surface area contributed by atoms with Gasteiger partial charge in [0.15, 0.2) is 0 Å². The number of hydrogen-bond donors (Lipinski definition) is 0. The van der Waals surface area contributed by atoms with Crippen LogP contribution in [-0.2, 0) is 4.74 Å². The summed E-state index contributed by atoms with van der Waals surface area (Å²) in [4.78, 5) is 0. The van der Waals surface area contributed by atoms with E-state index in [1.807, 2.05) is 12.1 Å². The van der Waals surface area contributed by atoms with E-state index in [4.69, 9.17) is 4.74 Å². The number of benzene rings is 1. The highest BCUT2D eigenvalue weighted by Gasteiger charge is 2.27. The minimum Gasteiger partial charge on any atom is -0.377 e. The second-order valence-corrected chi connectivity index (χ2v) is 4.44. The lowest BCUT2D eigenvalue weighted by Gasteiger charge is -2.08. The molecule has 2 atom stereocenters. The van der Waals surface area contributed by atoms with Gasteiger partial charge in [0.1, 0.15) is 5.82 Å². The van der Waals surface area contributed by atoms with Crippen molar-refractivity contribution in [2.75, 3.05) is 11.0 Å². The molecule has 1 nitrogen and oxygen atoms in total. The molecule has 1 heterocycles. The van der Waals surface area contributed by atoms with Gasteiger partial charge in [-0.25, -0.2) is 4.39 Å². The van der Waals surface area contributed by atoms with Crippen LogP contribution in [0.15, 0.2) is 24.3 Å². The summed E-state index contributed by atoms with van der Waals surface area (Å²) in [7, 11) is 0. The molecule has 0 spiro atoms. The van der Waals surface area contributed by atoms with Gasteiger partial charge in [-0.1, -0.05) is 40.8 Å². The fourth-order valence-corrected chi connectivity index (χ4v) is 2.45. The van der Waals surface area contributed by atoms with Crippen LogP contribution < -0.4 is 0 Å². The molecule has 2 unspecified atom stereocenters. The zero-order chi connectivity index (χ0) is 9.97. The third kappa shape index (κ3) is 2.08. The highest BCUT2D eigenvalue weighted by molar-refractivity contribution is 14.1. The van der Waals surface area contributed by atoms with Gasteiger partial charge >= 0.3 is 0 Å². The maximum atomic E-state index is 13.4. The van der Waals surface area contributed by atoms with Crippen LogP contribution in [0.1, 0.15) is 17.9 Å². The maximum absolute atomic E-state index is 13.4. The van der Waals surface area contributed by atoms with Gasteiger partial charge in [0.25, 0.3) is 0 Å². The van der Waals surface area contributed by atoms with Crippen LogP contribution in [0, 0.1) is 5.82 Å². The van der Waals surface area contributed by atoms with E-state index in [1.54, 1.807) is 6.07 Å². The van der Waals surface area contributed by atoms with E-state index in [-0.39, 0.29) is 11.7 Å².